The standard InChI is InChI=1S/C12H23N3O2/c1-8(2)10(11(13)14-17)12(16)15(3)7-9-5-4-6-9/h8-10,17H,4-7H2,1-3H3,(H2,13,14). The number of oxime groups is 1. The average molecular weight is 241 g/mol. The molecule has 0 aliphatic heterocycles. The van der Waals surface area contributed by atoms with Gasteiger partial charge in [-0.15, -0.1) is 0 Å². The van der Waals surface area contributed by atoms with Gasteiger partial charge in [0.25, 0.3) is 0 Å². The minimum atomic E-state index is -0.523. The van der Waals surface area contributed by atoms with E-state index in [4.69, 9.17) is 10.9 Å². The Morgan fingerprint density at radius 3 is 2.47 bits per heavy atom. The Bertz CT molecular complexity index is 298. The van der Waals surface area contributed by atoms with E-state index in [0.29, 0.717) is 5.92 Å². The van der Waals surface area contributed by atoms with Crippen molar-refractivity contribution >= 4 is 11.7 Å². The summed E-state index contributed by atoms with van der Waals surface area (Å²) in [6.45, 7) is 4.58. The van der Waals surface area contributed by atoms with Crippen LogP contribution >= 0.6 is 0 Å². The third kappa shape index (κ3) is 3.35. The first-order valence-corrected chi connectivity index (χ1v) is 6.19. The molecular formula is C12H23N3O2. The van der Waals surface area contributed by atoms with Crippen molar-refractivity contribution in [3.63, 3.8) is 0 Å². The van der Waals surface area contributed by atoms with Gasteiger partial charge in [0.05, 0.1) is 0 Å². The smallest absolute Gasteiger partial charge is 0.233 e. The molecule has 1 amide bonds. The van der Waals surface area contributed by atoms with Crippen molar-refractivity contribution in [2.24, 2.45) is 28.6 Å². The second kappa shape index (κ2) is 5.89. The van der Waals surface area contributed by atoms with Crippen molar-refractivity contribution in [3.05, 3.63) is 0 Å². The zero-order valence-electron chi connectivity index (χ0n) is 10.9. The van der Waals surface area contributed by atoms with Crippen molar-refractivity contribution < 1.29 is 10.0 Å². The van der Waals surface area contributed by atoms with Crippen LogP contribution < -0.4 is 5.73 Å². The van der Waals surface area contributed by atoms with Crippen LogP contribution in [0.4, 0.5) is 0 Å². The summed E-state index contributed by atoms with van der Waals surface area (Å²) in [6.07, 6.45) is 3.67. The topological polar surface area (TPSA) is 78.9 Å². The van der Waals surface area contributed by atoms with Gasteiger partial charge in [-0.3, -0.25) is 4.79 Å². The maximum Gasteiger partial charge on any atom is 0.233 e. The van der Waals surface area contributed by atoms with E-state index < -0.39 is 5.92 Å². The zero-order chi connectivity index (χ0) is 13.0. The van der Waals surface area contributed by atoms with Crippen LogP contribution in [0.2, 0.25) is 0 Å². The van der Waals surface area contributed by atoms with Crippen LogP contribution in [0.25, 0.3) is 0 Å². The molecule has 5 heteroatoms. The van der Waals surface area contributed by atoms with Gasteiger partial charge in [0.1, 0.15) is 5.92 Å². The highest BCUT2D eigenvalue weighted by Gasteiger charge is 2.31. The Hall–Kier alpha value is -1.26. The van der Waals surface area contributed by atoms with Crippen molar-refractivity contribution in [1.29, 1.82) is 0 Å². The number of carbonyl (C=O) groups excluding carboxylic acids is 1. The molecule has 0 saturated heterocycles. The molecule has 0 aromatic heterocycles. The molecule has 5 nitrogen and oxygen atoms in total. The van der Waals surface area contributed by atoms with Gasteiger partial charge in [0.15, 0.2) is 5.84 Å². The lowest BCUT2D eigenvalue weighted by molar-refractivity contribution is -0.134. The molecular weight excluding hydrogens is 218 g/mol. The van der Waals surface area contributed by atoms with Gasteiger partial charge >= 0.3 is 0 Å². The van der Waals surface area contributed by atoms with Crippen LogP contribution in [0.1, 0.15) is 33.1 Å². The molecule has 0 heterocycles. The Balaban J connectivity index is 2.62. The summed E-state index contributed by atoms with van der Waals surface area (Å²) in [4.78, 5) is 13.9. The number of rotatable bonds is 5. The van der Waals surface area contributed by atoms with Crippen LogP contribution in [0.3, 0.4) is 0 Å². The quantitative estimate of drug-likeness (QED) is 0.329. The van der Waals surface area contributed by atoms with Gasteiger partial charge in [-0.05, 0) is 24.7 Å². The Labute approximate surface area is 103 Å². The largest absolute Gasteiger partial charge is 0.409 e. The molecule has 1 rings (SSSR count). The van der Waals surface area contributed by atoms with Crippen molar-refractivity contribution in [2.75, 3.05) is 13.6 Å². The minimum absolute atomic E-state index is 0.00506. The summed E-state index contributed by atoms with van der Waals surface area (Å²) in [7, 11) is 1.79. The highest BCUT2D eigenvalue weighted by atomic mass is 16.4. The summed E-state index contributed by atoms with van der Waals surface area (Å²) >= 11 is 0. The van der Waals surface area contributed by atoms with E-state index in [1.54, 1.807) is 11.9 Å². The summed E-state index contributed by atoms with van der Waals surface area (Å²) in [5, 5.41) is 11.7. The first kappa shape index (κ1) is 13.8. The van der Waals surface area contributed by atoms with Gasteiger partial charge in [0, 0.05) is 13.6 Å². The van der Waals surface area contributed by atoms with E-state index in [-0.39, 0.29) is 17.7 Å². The normalized spacial score (nSPS) is 18.9. The van der Waals surface area contributed by atoms with E-state index in [0.717, 1.165) is 6.54 Å². The van der Waals surface area contributed by atoms with Crippen LogP contribution in [-0.4, -0.2) is 35.4 Å². The third-order valence-electron chi connectivity index (χ3n) is 3.50. The third-order valence-corrected chi connectivity index (χ3v) is 3.50. The summed E-state index contributed by atoms with van der Waals surface area (Å²) < 4.78 is 0. The van der Waals surface area contributed by atoms with Gasteiger partial charge < -0.3 is 15.8 Å². The predicted molar refractivity (Wildman–Crippen MR) is 66.7 cm³/mol. The molecule has 0 spiro atoms. The second-order valence-corrected chi connectivity index (χ2v) is 5.26. The number of carbonyl (C=O) groups is 1. The fourth-order valence-corrected chi connectivity index (χ4v) is 2.21. The molecule has 1 saturated carbocycles. The van der Waals surface area contributed by atoms with Crippen molar-refractivity contribution in [3.8, 4) is 0 Å². The summed E-state index contributed by atoms with van der Waals surface area (Å²) in [5.74, 6) is 0.0871. The Morgan fingerprint density at radius 2 is 2.12 bits per heavy atom. The molecule has 0 bridgehead atoms. The number of nitrogens with zero attached hydrogens (tertiary/aromatic N) is 2. The molecule has 1 unspecified atom stereocenters. The van der Waals surface area contributed by atoms with E-state index in [2.05, 4.69) is 5.16 Å². The summed E-state index contributed by atoms with van der Waals surface area (Å²) in [6, 6.07) is 0. The first-order valence-electron chi connectivity index (χ1n) is 6.19. The molecule has 1 atom stereocenters. The predicted octanol–water partition coefficient (Wildman–Crippen LogP) is 1.26. The highest BCUT2D eigenvalue weighted by Crippen LogP contribution is 2.27. The molecule has 1 aliphatic rings. The van der Waals surface area contributed by atoms with Crippen molar-refractivity contribution in [2.45, 2.75) is 33.1 Å². The molecule has 17 heavy (non-hydrogen) atoms. The highest BCUT2D eigenvalue weighted by molar-refractivity contribution is 6.02. The molecule has 3 N–H and O–H groups in total. The fraction of sp³-hybridized carbons (Fsp3) is 0.833. The number of amidine groups is 1. The SMILES string of the molecule is CC(C)C(C(=O)N(C)CC1CCC1)C(N)=NO. The van der Waals surface area contributed by atoms with Crippen LogP contribution in [0.15, 0.2) is 5.16 Å². The monoisotopic (exact) mass is 241 g/mol. The molecule has 98 valence electrons. The maximum absolute atomic E-state index is 12.2. The molecule has 0 aromatic carbocycles. The number of amides is 1. The lowest BCUT2D eigenvalue weighted by atomic mass is 9.84. The van der Waals surface area contributed by atoms with Crippen LogP contribution in [-0.2, 0) is 4.79 Å². The van der Waals surface area contributed by atoms with Gasteiger partial charge in [0.2, 0.25) is 5.91 Å². The maximum atomic E-state index is 12.2. The van der Waals surface area contributed by atoms with Crippen molar-refractivity contribution in [1.82, 2.24) is 4.90 Å². The average Bonchev–Trinajstić information content (AvgIpc) is 2.22. The fourth-order valence-electron chi connectivity index (χ4n) is 2.21. The molecule has 1 fully saturated rings. The van der Waals surface area contributed by atoms with E-state index in [1.807, 2.05) is 13.8 Å². The van der Waals surface area contributed by atoms with Crippen LogP contribution in [0, 0.1) is 17.8 Å². The molecule has 0 radical (unpaired) electrons. The summed E-state index contributed by atoms with van der Waals surface area (Å²) in [5.41, 5.74) is 5.59. The van der Waals surface area contributed by atoms with Crippen LogP contribution in [0.5, 0.6) is 0 Å². The number of nitrogens with two attached hydrogens (primary N) is 1. The molecule has 0 aromatic rings. The first-order chi connectivity index (χ1) is 7.97. The van der Waals surface area contributed by atoms with E-state index >= 15 is 0 Å². The Morgan fingerprint density at radius 1 is 1.53 bits per heavy atom. The lowest BCUT2D eigenvalue weighted by Gasteiger charge is -2.32. The van der Waals surface area contributed by atoms with E-state index in [9.17, 15) is 4.79 Å². The Kier molecular flexibility index (Phi) is 4.78. The number of hydrogen-bond donors (Lipinski definition) is 2. The van der Waals surface area contributed by atoms with Gasteiger partial charge in [-0.1, -0.05) is 25.4 Å². The van der Waals surface area contributed by atoms with E-state index in [1.165, 1.54) is 19.3 Å². The zero-order valence-corrected chi connectivity index (χ0v) is 10.9. The van der Waals surface area contributed by atoms with Gasteiger partial charge in [-0.2, -0.15) is 0 Å². The second-order valence-electron chi connectivity index (χ2n) is 5.26. The minimum Gasteiger partial charge on any atom is -0.409 e. The van der Waals surface area contributed by atoms with Gasteiger partial charge in [-0.25, -0.2) is 0 Å². The number of hydrogen-bond acceptors (Lipinski definition) is 3. The lowest BCUT2D eigenvalue weighted by Crippen LogP contribution is -2.44. The molecule has 1 aliphatic carbocycles.